The van der Waals surface area contributed by atoms with Crippen LogP contribution in [0.5, 0.6) is 0 Å². The zero-order valence-corrected chi connectivity index (χ0v) is 11.0. The van der Waals surface area contributed by atoms with Gasteiger partial charge in [0, 0.05) is 4.88 Å². The molecule has 0 radical (unpaired) electrons. The summed E-state index contributed by atoms with van der Waals surface area (Å²) in [5.74, 6) is 0. The minimum absolute atomic E-state index is 0.138. The Morgan fingerprint density at radius 1 is 1.19 bits per heavy atom. The SMILES string of the molecule is Cc1sccc1C(N)c1ccc(Cl)c(Cl)c1. The van der Waals surface area contributed by atoms with E-state index in [4.69, 9.17) is 28.9 Å². The van der Waals surface area contributed by atoms with E-state index in [1.54, 1.807) is 17.4 Å². The zero-order chi connectivity index (χ0) is 11.7. The largest absolute Gasteiger partial charge is 0.320 e. The number of thiophene rings is 1. The van der Waals surface area contributed by atoms with Gasteiger partial charge in [0.1, 0.15) is 0 Å². The van der Waals surface area contributed by atoms with Crippen molar-refractivity contribution in [1.29, 1.82) is 0 Å². The van der Waals surface area contributed by atoms with E-state index in [1.165, 1.54) is 4.88 Å². The molecule has 1 unspecified atom stereocenters. The molecule has 1 atom stereocenters. The lowest BCUT2D eigenvalue weighted by Gasteiger charge is -2.12. The highest BCUT2D eigenvalue weighted by Crippen LogP contribution is 2.30. The molecule has 0 aliphatic rings. The van der Waals surface area contributed by atoms with Gasteiger partial charge in [0.15, 0.2) is 0 Å². The number of hydrogen-bond donors (Lipinski definition) is 1. The average Bonchev–Trinajstić information content (AvgIpc) is 2.67. The minimum atomic E-state index is -0.138. The van der Waals surface area contributed by atoms with Crippen LogP contribution >= 0.6 is 34.5 Å². The predicted molar refractivity (Wildman–Crippen MR) is 71.5 cm³/mol. The summed E-state index contributed by atoms with van der Waals surface area (Å²) in [5.41, 5.74) is 8.31. The standard InChI is InChI=1S/C12H11Cl2NS/c1-7-9(4-5-16-7)12(15)8-2-3-10(13)11(14)6-8/h2-6,12H,15H2,1H3. The van der Waals surface area contributed by atoms with Crippen LogP contribution in [0.2, 0.25) is 10.0 Å². The molecule has 0 aliphatic heterocycles. The summed E-state index contributed by atoms with van der Waals surface area (Å²) in [6.07, 6.45) is 0. The first-order chi connectivity index (χ1) is 7.59. The summed E-state index contributed by atoms with van der Waals surface area (Å²) in [5, 5.41) is 3.14. The van der Waals surface area contributed by atoms with Crippen molar-refractivity contribution in [2.75, 3.05) is 0 Å². The Bertz CT molecular complexity index is 507. The van der Waals surface area contributed by atoms with E-state index < -0.39 is 0 Å². The Kier molecular flexibility index (Phi) is 3.55. The second-order valence-corrected chi connectivity index (χ2v) is 5.52. The molecule has 16 heavy (non-hydrogen) atoms. The summed E-state index contributed by atoms with van der Waals surface area (Å²) >= 11 is 13.5. The van der Waals surface area contributed by atoms with Crippen molar-refractivity contribution in [2.24, 2.45) is 5.73 Å². The van der Waals surface area contributed by atoms with E-state index in [-0.39, 0.29) is 6.04 Å². The van der Waals surface area contributed by atoms with Gasteiger partial charge in [-0.05, 0) is 41.6 Å². The maximum atomic E-state index is 6.19. The quantitative estimate of drug-likeness (QED) is 0.860. The fraction of sp³-hybridized carbons (Fsp3) is 0.167. The molecule has 1 nitrogen and oxygen atoms in total. The van der Waals surface area contributed by atoms with Gasteiger partial charge >= 0.3 is 0 Å². The van der Waals surface area contributed by atoms with Gasteiger partial charge < -0.3 is 5.73 Å². The van der Waals surface area contributed by atoms with Gasteiger partial charge in [0.05, 0.1) is 16.1 Å². The van der Waals surface area contributed by atoms with Gasteiger partial charge in [0.25, 0.3) is 0 Å². The van der Waals surface area contributed by atoms with Crippen LogP contribution in [0.25, 0.3) is 0 Å². The Morgan fingerprint density at radius 3 is 2.50 bits per heavy atom. The first-order valence-corrected chi connectivity index (χ1v) is 6.47. The lowest BCUT2D eigenvalue weighted by Crippen LogP contribution is -2.11. The molecule has 84 valence electrons. The third-order valence-corrected chi connectivity index (χ3v) is 4.14. The molecule has 0 fully saturated rings. The predicted octanol–water partition coefficient (Wildman–Crippen LogP) is 4.41. The maximum absolute atomic E-state index is 6.19. The monoisotopic (exact) mass is 271 g/mol. The highest BCUT2D eigenvalue weighted by Gasteiger charge is 2.13. The summed E-state index contributed by atoms with van der Waals surface area (Å²) in [6, 6.07) is 7.43. The first kappa shape index (κ1) is 11.9. The fourth-order valence-corrected chi connectivity index (χ4v) is 2.66. The number of benzene rings is 1. The Hall–Kier alpha value is -0.540. The smallest absolute Gasteiger partial charge is 0.0595 e. The molecule has 2 N–H and O–H groups in total. The van der Waals surface area contributed by atoms with Crippen LogP contribution < -0.4 is 5.73 Å². The second kappa shape index (κ2) is 4.76. The summed E-state index contributed by atoms with van der Waals surface area (Å²) in [4.78, 5) is 1.23. The van der Waals surface area contributed by atoms with E-state index in [0.717, 1.165) is 11.1 Å². The molecule has 0 saturated heterocycles. The van der Waals surface area contributed by atoms with Crippen LogP contribution in [0.3, 0.4) is 0 Å². The Morgan fingerprint density at radius 2 is 1.94 bits per heavy atom. The van der Waals surface area contributed by atoms with Gasteiger partial charge in [0.2, 0.25) is 0 Å². The van der Waals surface area contributed by atoms with E-state index in [2.05, 4.69) is 6.92 Å². The topological polar surface area (TPSA) is 26.0 Å². The van der Waals surface area contributed by atoms with Gasteiger partial charge in [-0.1, -0.05) is 29.3 Å². The number of nitrogens with two attached hydrogens (primary N) is 1. The maximum Gasteiger partial charge on any atom is 0.0595 e. The summed E-state index contributed by atoms with van der Waals surface area (Å²) in [6.45, 7) is 2.07. The molecule has 1 aromatic carbocycles. The molecule has 0 amide bonds. The molecule has 0 bridgehead atoms. The molecule has 4 heteroatoms. The van der Waals surface area contributed by atoms with Crippen LogP contribution in [0.1, 0.15) is 22.0 Å². The Labute approximate surface area is 109 Å². The molecular formula is C12H11Cl2NS. The molecule has 0 aliphatic carbocycles. The van der Waals surface area contributed by atoms with Gasteiger partial charge in [-0.25, -0.2) is 0 Å². The molecule has 0 saturated carbocycles. The van der Waals surface area contributed by atoms with Gasteiger partial charge in [-0.15, -0.1) is 11.3 Å². The van der Waals surface area contributed by atoms with E-state index >= 15 is 0 Å². The highest BCUT2D eigenvalue weighted by atomic mass is 35.5. The van der Waals surface area contributed by atoms with Crippen LogP contribution in [-0.4, -0.2) is 0 Å². The molecular weight excluding hydrogens is 261 g/mol. The molecule has 1 heterocycles. The summed E-state index contributed by atoms with van der Waals surface area (Å²) in [7, 11) is 0. The summed E-state index contributed by atoms with van der Waals surface area (Å²) < 4.78 is 0. The van der Waals surface area contributed by atoms with E-state index in [0.29, 0.717) is 10.0 Å². The Balaban J connectivity index is 2.38. The number of hydrogen-bond acceptors (Lipinski definition) is 2. The van der Waals surface area contributed by atoms with Crippen molar-refractivity contribution in [2.45, 2.75) is 13.0 Å². The van der Waals surface area contributed by atoms with Crippen LogP contribution in [0.4, 0.5) is 0 Å². The lowest BCUT2D eigenvalue weighted by molar-refractivity contribution is 0.869. The molecule has 1 aromatic heterocycles. The number of rotatable bonds is 2. The highest BCUT2D eigenvalue weighted by molar-refractivity contribution is 7.10. The fourth-order valence-electron chi connectivity index (χ4n) is 1.60. The molecule has 2 aromatic rings. The third-order valence-electron chi connectivity index (χ3n) is 2.54. The normalized spacial score (nSPS) is 12.8. The number of aryl methyl sites for hydroxylation is 1. The van der Waals surface area contributed by atoms with Crippen molar-refractivity contribution in [1.82, 2.24) is 0 Å². The molecule has 0 spiro atoms. The van der Waals surface area contributed by atoms with Crippen LogP contribution in [0, 0.1) is 6.92 Å². The minimum Gasteiger partial charge on any atom is -0.320 e. The number of halogens is 2. The average molecular weight is 272 g/mol. The third kappa shape index (κ3) is 2.25. The van der Waals surface area contributed by atoms with Gasteiger partial charge in [-0.2, -0.15) is 0 Å². The lowest BCUT2D eigenvalue weighted by atomic mass is 10.0. The van der Waals surface area contributed by atoms with Crippen LogP contribution in [-0.2, 0) is 0 Å². The van der Waals surface area contributed by atoms with Crippen molar-refractivity contribution in [3.05, 3.63) is 55.7 Å². The molecule has 2 rings (SSSR count). The van der Waals surface area contributed by atoms with Crippen molar-refractivity contribution >= 4 is 34.5 Å². The van der Waals surface area contributed by atoms with E-state index in [9.17, 15) is 0 Å². The van der Waals surface area contributed by atoms with Gasteiger partial charge in [-0.3, -0.25) is 0 Å². The van der Waals surface area contributed by atoms with Crippen molar-refractivity contribution in [3.8, 4) is 0 Å². The zero-order valence-electron chi connectivity index (χ0n) is 8.71. The second-order valence-electron chi connectivity index (χ2n) is 3.58. The van der Waals surface area contributed by atoms with Crippen molar-refractivity contribution in [3.63, 3.8) is 0 Å². The first-order valence-electron chi connectivity index (χ1n) is 4.84. The van der Waals surface area contributed by atoms with Crippen molar-refractivity contribution < 1.29 is 0 Å². The van der Waals surface area contributed by atoms with E-state index in [1.807, 2.05) is 23.6 Å². The van der Waals surface area contributed by atoms with Crippen LogP contribution in [0.15, 0.2) is 29.6 Å².